The number of benzene rings is 2. The molecule has 0 aliphatic heterocycles. The monoisotopic (exact) mass is 375 g/mol. The first-order valence-corrected chi connectivity index (χ1v) is 10.7. The van der Waals surface area contributed by atoms with E-state index in [4.69, 9.17) is 0 Å². The Balaban J connectivity index is 1.41. The van der Waals surface area contributed by atoms with Crippen molar-refractivity contribution in [1.82, 2.24) is 5.32 Å². The zero-order valence-electron chi connectivity index (χ0n) is 16.3. The van der Waals surface area contributed by atoms with Gasteiger partial charge in [0.05, 0.1) is 6.10 Å². The van der Waals surface area contributed by atoms with Gasteiger partial charge in [-0.05, 0) is 60.5 Å². The molecule has 0 unspecified atom stereocenters. The SMILES string of the molecule is O=C(CC1(c2ccccc2)C2CC3CC1CC(C2)C3O)NCc1ccccc1. The van der Waals surface area contributed by atoms with Gasteiger partial charge in [-0.2, -0.15) is 0 Å². The second-order valence-corrected chi connectivity index (χ2v) is 9.19. The highest BCUT2D eigenvalue weighted by molar-refractivity contribution is 5.78. The molecule has 4 aliphatic carbocycles. The molecule has 4 bridgehead atoms. The number of hydrogen-bond acceptors (Lipinski definition) is 2. The Morgan fingerprint density at radius 2 is 1.43 bits per heavy atom. The molecule has 0 aromatic heterocycles. The first-order chi connectivity index (χ1) is 13.7. The van der Waals surface area contributed by atoms with E-state index in [1.165, 1.54) is 5.56 Å². The predicted molar refractivity (Wildman–Crippen MR) is 109 cm³/mol. The Labute approximate surface area is 167 Å². The molecule has 4 aliphatic rings. The van der Waals surface area contributed by atoms with Crippen molar-refractivity contribution in [3.8, 4) is 0 Å². The van der Waals surface area contributed by atoms with Gasteiger partial charge in [-0.3, -0.25) is 4.79 Å². The molecule has 2 aromatic carbocycles. The maximum absolute atomic E-state index is 13.1. The zero-order chi connectivity index (χ0) is 19.1. The van der Waals surface area contributed by atoms with Crippen LogP contribution in [0.3, 0.4) is 0 Å². The van der Waals surface area contributed by atoms with Crippen LogP contribution in [-0.2, 0) is 16.8 Å². The molecule has 4 saturated carbocycles. The molecule has 0 saturated heterocycles. The second-order valence-electron chi connectivity index (χ2n) is 9.19. The second kappa shape index (κ2) is 7.04. The average Bonchev–Trinajstić information content (AvgIpc) is 2.72. The van der Waals surface area contributed by atoms with E-state index in [1.807, 2.05) is 18.2 Å². The van der Waals surface area contributed by atoms with Crippen molar-refractivity contribution < 1.29 is 9.90 Å². The van der Waals surface area contributed by atoms with Gasteiger partial charge in [0.15, 0.2) is 0 Å². The van der Waals surface area contributed by atoms with Crippen molar-refractivity contribution in [2.24, 2.45) is 23.7 Å². The molecule has 28 heavy (non-hydrogen) atoms. The van der Waals surface area contributed by atoms with Gasteiger partial charge >= 0.3 is 0 Å². The molecule has 0 atom stereocenters. The van der Waals surface area contributed by atoms with Crippen LogP contribution in [0.5, 0.6) is 0 Å². The quantitative estimate of drug-likeness (QED) is 0.828. The Hall–Kier alpha value is -2.13. The summed E-state index contributed by atoms with van der Waals surface area (Å²) in [5.74, 6) is 2.03. The average molecular weight is 376 g/mol. The van der Waals surface area contributed by atoms with E-state index >= 15 is 0 Å². The highest BCUT2D eigenvalue weighted by atomic mass is 16.3. The van der Waals surface area contributed by atoms with Gasteiger partial charge in [-0.25, -0.2) is 0 Å². The molecular formula is C25H29NO2. The van der Waals surface area contributed by atoms with Crippen LogP contribution in [-0.4, -0.2) is 17.1 Å². The van der Waals surface area contributed by atoms with Crippen molar-refractivity contribution in [2.75, 3.05) is 0 Å². The molecule has 2 aromatic rings. The number of carbonyl (C=O) groups excluding carboxylic acids is 1. The lowest BCUT2D eigenvalue weighted by atomic mass is 9.42. The van der Waals surface area contributed by atoms with E-state index in [1.54, 1.807) is 0 Å². The van der Waals surface area contributed by atoms with Crippen molar-refractivity contribution in [1.29, 1.82) is 0 Å². The molecule has 0 heterocycles. The van der Waals surface area contributed by atoms with Crippen molar-refractivity contribution in [3.63, 3.8) is 0 Å². The topological polar surface area (TPSA) is 49.3 Å². The molecule has 1 amide bonds. The largest absolute Gasteiger partial charge is 0.393 e. The van der Waals surface area contributed by atoms with E-state index < -0.39 is 0 Å². The predicted octanol–water partition coefficient (Wildman–Crippen LogP) is 4.06. The lowest BCUT2D eigenvalue weighted by Crippen LogP contribution is -2.61. The van der Waals surface area contributed by atoms with Gasteiger partial charge in [0.1, 0.15) is 0 Å². The first kappa shape index (κ1) is 17.9. The molecular weight excluding hydrogens is 346 g/mol. The van der Waals surface area contributed by atoms with Crippen LogP contribution in [0.2, 0.25) is 0 Å². The number of amides is 1. The summed E-state index contributed by atoms with van der Waals surface area (Å²) in [5, 5.41) is 13.8. The van der Waals surface area contributed by atoms with Crippen molar-refractivity contribution in [2.45, 2.75) is 50.2 Å². The Bertz CT molecular complexity index is 802. The van der Waals surface area contributed by atoms with Crippen LogP contribution in [0.4, 0.5) is 0 Å². The van der Waals surface area contributed by atoms with E-state index in [0.717, 1.165) is 31.2 Å². The molecule has 3 heteroatoms. The summed E-state index contributed by atoms with van der Waals surface area (Å²) in [4.78, 5) is 13.1. The first-order valence-electron chi connectivity index (χ1n) is 10.7. The highest BCUT2D eigenvalue weighted by Gasteiger charge is 2.60. The summed E-state index contributed by atoms with van der Waals surface area (Å²) in [6.45, 7) is 0.587. The third-order valence-corrected chi connectivity index (χ3v) is 7.87. The minimum atomic E-state index is -0.117. The van der Waals surface area contributed by atoms with Crippen molar-refractivity contribution >= 4 is 5.91 Å². The number of aliphatic hydroxyl groups excluding tert-OH is 1. The molecule has 2 N–H and O–H groups in total. The van der Waals surface area contributed by atoms with Crippen LogP contribution in [0.1, 0.15) is 43.2 Å². The summed E-state index contributed by atoms with van der Waals surface area (Å²) in [6.07, 6.45) is 4.70. The molecule has 0 radical (unpaired) electrons. The fourth-order valence-corrected chi connectivity index (χ4v) is 6.70. The zero-order valence-corrected chi connectivity index (χ0v) is 16.3. The van der Waals surface area contributed by atoms with E-state index in [-0.39, 0.29) is 17.4 Å². The normalized spacial score (nSPS) is 35.7. The summed E-state index contributed by atoms with van der Waals surface area (Å²) < 4.78 is 0. The number of rotatable bonds is 5. The maximum atomic E-state index is 13.1. The Kier molecular flexibility index (Phi) is 4.51. The molecule has 6 rings (SSSR count). The van der Waals surface area contributed by atoms with Crippen molar-refractivity contribution in [3.05, 3.63) is 71.8 Å². The van der Waals surface area contributed by atoms with Crippen LogP contribution in [0, 0.1) is 23.7 Å². The van der Waals surface area contributed by atoms with Crippen LogP contribution in [0.25, 0.3) is 0 Å². The van der Waals surface area contributed by atoms with Gasteiger partial charge in [-0.1, -0.05) is 60.7 Å². The highest BCUT2D eigenvalue weighted by Crippen LogP contribution is 2.64. The number of carbonyl (C=O) groups is 1. The summed E-state index contributed by atoms with van der Waals surface area (Å²) >= 11 is 0. The Morgan fingerprint density at radius 1 is 0.893 bits per heavy atom. The summed E-state index contributed by atoms with van der Waals surface area (Å²) in [5.41, 5.74) is 2.39. The number of nitrogens with one attached hydrogen (secondary N) is 1. The summed E-state index contributed by atoms with van der Waals surface area (Å²) in [6, 6.07) is 20.9. The van der Waals surface area contributed by atoms with Gasteiger partial charge in [0.2, 0.25) is 5.91 Å². The van der Waals surface area contributed by atoms with E-state index in [2.05, 4.69) is 47.8 Å². The lowest BCUT2D eigenvalue weighted by Gasteiger charge is -2.63. The summed E-state index contributed by atoms with van der Waals surface area (Å²) in [7, 11) is 0. The Morgan fingerprint density at radius 3 is 2.00 bits per heavy atom. The smallest absolute Gasteiger partial charge is 0.221 e. The van der Waals surface area contributed by atoms with Gasteiger partial charge < -0.3 is 10.4 Å². The molecule has 0 spiro atoms. The fourth-order valence-electron chi connectivity index (χ4n) is 6.70. The minimum Gasteiger partial charge on any atom is -0.393 e. The third-order valence-electron chi connectivity index (χ3n) is 7.87. The third kappa shape index (κ3) is 2.88. The number of aliphatic hydroxyl groups is 1. The van der Waals surface area contributed by atoms with Gasteiger partial charge in [0.25, 0.3) is 0 Å². The van der Waals surface area contributed by atoms with Gasteiger partial charge in [0, 0.05) is 18.4 Å². The fraction of sp³-hybridized carbons (Fsp3) is 0.480. The molecule has 146 valence electrons. The maximum Gasteiger partial charge on any atom is 0.221 e. The van der Waals surface area contributed by atoms with E-state index in [0.29, 0.717) is 36.6 Å². The van der Waals surface area contributed by atoms with Gasteiger partial charge in [-0.15, -0.1) is 0 Å². The number of hydrogen-bond donors (Lipinski definition) is 2. The standard InChI is InChI=1S/C25H29NO2/c27-23(26-16-17-7-3-1-4-8-17)15-25(20-9-5-2-6-10-20)21-11-18-12-22(25)14-19(13-21)24(18)28/h1-10,18-19,21-22,24,28H,11-16H2,(H,26,27). The minimum absolute atomic E-state index is 0.0742. The van der Waals surface area contributed by atoms with Crippen LogP contribution in [0.15, 0.2) is 60.7 Å². The lowest BCUT2D eigenvalue weighted by molar-refractivity contribution is -0.147. The van der Waals surface area contributed by atoms with E-state index in [9.17, 15) is 9.90 Å². The van der Waals surface area contributed by atoms with Crippen LogP contribution < -0.4 is 5.32 Å². The van der Waals surface area contributed by atoms with Crippen LogP contribution >= 0.6 is 0 Å². The molecule has 3 nitrogen and oxygen atoms in total. The molecule has 4 fully saturated rings.